The molecule has 0 N–H and O–H groups in total. The van der Waals surface area contributed by atoms with E-state index in [0.29, 0.717) is 12.2 Å². The summed E-state index contributed by atoms with van der Waals surface area (Å²) in [5.74, 6) is -0.0917. The minimum absolute atomic E-state index is 0.0154. The van der Waals surface area contributed by atoms with Crippen LogP contribution in [0.5, 0.6) is 0 Å². The van der Waals surface area contributed by atoms with Crippen LogP contribution < -0.4 is 4.90 Å². The van der Waals surface area contributed by atoms with E-state index < -0.39 is 5.82 Å². The molecule has 0 saturated carbocycles. The fraction of sp³-hybridized carbons (Fsp3) is 0.500. The molecular formula is C14H18FNO. The Morgan fingerprint density at radius 3 is 2.71 bits per heavy atom. The molecule has 0 amide bonds. The number of hydrogen-bond acceptors (Lipinski definition) is 2. The van der Waals surface area contributed by atoms with Gasteiger partial charge in [-0.3, -0.25) is 4.79 Å². The molecule has 92 valence electrons. The number of carbonyl (C=O) groups excluding carboxylic acids is 1. The van der Waals surface area contributed by atoms with Gasteiger partial charge in [-0.2, -0.15) is 0 Å². The van der Waals surface area contributed by atoms with Crippen molar-refractivity contribution in [3.05, 3.63) is 29.1 Å². The second-order valence-electron chi connectivity index (χ2n) is 5.53. The Morgan fingerprint density at radius 2 is 2.12 bits per heavy atom. The number of benzene rings is 1. The summed E-state index contributed by atoms with van der Waals surface area (Å²) in [5.41, 5.74) is 2.14. The van der Waals surface area contributed by atoms with Crippen LogP contribution in [0.2, 0.25) is 0 Å². The molecule has 1 atom stereocenters. The molecule has 0 unspecified atom stereocenters. The zero-order valence-electron chi connectivity index (χ0n) is 10.7. The summed E-state index contributed by atoms with van der Waals surface area (Å²) < 4.78 is 13.7. The number of hydrogen-bond donors (Lipinski definition) is 0. The molecule has 1 aromatic rings. The Labute approximate surface area is 101 Å². The van der Waals surface area contributed by atoms with Crippen molar-refractivity contribution in [2.75, 3.05) is 11.9 Å². The lowest BCUT2D eigenvalue weighted by atomic mass is 9.80. The van der Waals surface area contributed by atoms with E-state index in [2.05, 4.69) is 25.7 Å². The molecule has 1 aliphatic heterocycles. The summed E-state index contributed by atoms with van der Waals surface area (Å²) in [5, 5.41) is 0. The van der Waals surface area contributed by atoms with E-state index in [1.165, 1.54) is 6.07 Å². The standard InChI is InChI=1S/C14H18FNO/c1-9-7-14(2,3)16(4)13-6-12(15)10(8-17)5-11(9)13/h5-6,8-9H,7H2,1-4H3/t9-/m0/s1. The number of halogens is 1. The molecule has 1 heterocycles. The van der Waals surface area contributed by atoms with Gasteiger partial charge in [0.25, 0.3) is 0 Å². The third kappa shape index (κ3) is 1.84. The molecule has 1 aliphatic rings. The van der Waals surface area contributed by atoms with E-state index in [1.807, 2.05) is 7.05 Å². The SMILES string of the molecule is C[C@H]1CC(C)(C)N(C)c2cc(F)c(C=O)cc21. The summed E-state index contributed by atoms with van der Waals surface area (Å²) >= 11 is 0. The average Bonchev–Trinajstić information content (AvgIpc) is 2.25. The van der Waals surface area contributed by atoms with Crippen LogP contribution in [0.3, 0.4) is 0 Å². The van der Waals surface area contributed by atoms with Crippen LogP contribution in [0.15, 0.2) is 12.1 Å². The lowest BCUT2D eigenvalue weighted by Crippen LogP contribution is -2.45. The number of anilines is 1. The number of nitrogens with zero attached hydrogens (tertiary/aromatic N) is 1. The summed E-state index contributed by atoms with van der Waals surface area (Å²) in [6, 6.07) is 3.17. The smallest absolute Gasteiger partial charge is 0.153 e. The average molecular weight is 235 g/mol. The quantitative estimate of drug-likeness (QED) is 0.696. The van der Waals surface area contributed by atoms with Gasteiger partial charge in [-0.15, -0.1) is 0 Å². The monoisotopic (exact) mass is 235 g/mol. The van der Waals surface area contributed by atoms with E-state index in [0.717, 1.165) is 17.7 Å². The highest BCUT2D eigenvalue weighted by molar-refractivity contribution is 5.78. The second-order valence-corrected chi connectivity index (χ2v) is 5.53. The number of fused-ring (bicyclic) bond motifs is 1. The lowest BCUT2D eigenvalue weighted by Gasteiger charge is -2.45. The lowest BCUT2D eigenvalue weighted by molar-refractivity contribution is 0.111. The molecule has 0 bridgehead atoms. The van der Waals surface area contributed by atoms with Gasteiger partial charge in [0, 0.05) is 18.3 Å². The first-order valence-corrected chi connectivity index (χ1v) is 5.89. The molecule has 2 nitrogen and oxygen atoms in total. The normalized spacial score (nSPS) is 22.2. The van der Waals surface area contributed by atoms with E-state index >= 15 is 0 Å². The maximum Gasteiger partial charge on any atom is 0.153 e. The van der Waals surface area contributed by atoms with Gasteiger partial charge in [-0.05, 0) is 43.9 Å². The second kappa shape index (κ2) is 3.83. The first kappa shape index (κ1) is 12.1. The van der Waals surface area contributed by atoms with Gasteiger partial charge < -0.3 is 4.90 Å². The number of aldehydes is 1. The van der Waals surface area contributed by atoms with Crippen molar-refractivity contribution in [1.82, 2.24) is 0 Å². The molecule has 3 heteroatoms. The molecule has 0 spiro atoms. The van der Waals surface area contributed by atoms with Crippen LogP contribution in [0.1, 0.15) is 49.0 Å². The van der Waals surface area contributed by atoms with Crippen LogP contribution in [-0.4, -0.2) is 18.9 Å². The summed E-state index contributed by atoms with van der Waals surface area (Å²) in [7, 11) is 1.98. The predicted molar refractivity (Wildman–Crippen MR) is 67.3 cm³/mol. The van der Waals surface area contributed by atoms with Crippen LogP contribution in [0, 0.1) is 5.82 Å². The largest absolute Gasteiger partial charge is 0.369 e. The molecule has 0 fully saturated rings. The predicted octanol–water partition coefficient (Wildman–Crippen LogP) is 3.36. The maximum atomic E-state index is 13.7. The van der Waals surface area contributed by atoms with Gasteiger partial charge in [0.2, 0.25) is 0 Å². The first-order valence-electron chi connectivity index (χ1n) is 5.89. The Bertz CT molecular complexity index is 468. The maximum absolute atomic E-state index is 13.7. The summed E-state index contributed by atoms with van der Waals surface area (Å²) in [4.78, 5) is 12.9. The highest BCUT2D eigenvalue weighted by Crippen LogP contribution is 2.42. The molecule has 0 radical (unpaired) electrons. The molecule has 0 aliphatic carbocycles. The van der Waals surface area contributed by atoms with Gasteiger partial charge in [-0.1, -0.05) is 6.92 Å². The van der Waals surface area contributed by atoms with Crippen molar-refractivity contribution < 1.29 is 9.18 Å². The topological polar surface area (TPSA) is 20.3 Å². The third-order valence-corrected chi connectivity index (χ3v) is 3.88. The van der Waals surface area contributed by atoms with Gasteiger partial charge in [0.1, 0.15) is 5.82 Å². The van der Waals surface area contributed by atoms with Gasteiger partial charge >= 0.3 is 0 Å². The fourth-order valence-electron chi connectivity index (χ4n) is 2.69. The Kier molecular flexibility index (Phi) is 2.72. The van der Waals surface area contributed by atoms with Gasteiger partial charge in [0.15, 0.2) is 6.29 Å². The van der Waals surface area contributed by atoms with Crippen LogP contribution in [0.4, 0.5) is 10.1 Å². The van der Waals surface area contributed by atoms with E-state index in [1.54, 1.807) is 6.07 Å². The van der Waals surface area contributed by atoms with Crippen LogP contribution in [0.25, 0.3) is 0 Å². The Balaban J connectivity index is 2.61. The van der Waals surface area contributed by atoms with E-state index in [9.17, 15) is 9.18 Å². The number of rotatable bonds is 1. The van der Waals surface area contributed by atoms with E-state index in [4.69, 9.17) is 0 Å². The highest BCUT2D eigenvalue weighted by Gasteiger charge is 2.34. The van der Waals surface area contributed by atoms with Crippen molar-refractivity contribution in [3.63, 3.8) is 0 Å². The Hall–Kier alpha value is -1.38. The number of carbonyl (C=O) groups is 1. The molecule has 0 saturated heterocycles. The minimum atomic E-state index is -0.435. The fourth-order valence-corrected chi connectivity index (χ4v) is 2.69. The first-order chi connectivity index (χ1) is 7.86. The Morgan fingerprint density at radius 1 is 1.47 bits per heavy atom. The zero-order valence-corrected chi connectivity index (χ0v) is 10.7. The molecule has 17 heavy (non-hydrogen) atoms. The van der Waals surface area contributed by atoms with Crippen molar-refractivity contribution in [2.24, 2.45) is 0 Å². The zero-order chi connectivity index (χ0) is 12.8. The van der Waals surface area contributed by atoms with Crippen LogP contribution >= 0.6 is 0 Å². The molecule has 2 rings (SSSR count). The molecule has 1 aromatic carbocycles. The van der Waals surface area contributed by atoms with Crippen molar-refractivity contribution in [1.29, 1.82) is 0 Å². The van der Waals surface area contributed by atoms with Crippen molar-refractivity contribution in [3.8, 4) is 0 Å². The van der Waals surface area contributed by atoms with Gasteiger partial charge in [-0.25, -0.2) is 4.39 Å². The molecule has 0 aromatic heterocycles. The summed E-state index contributed by atoms with van der Waals surface area (Å²) in [6.07, 6.45) is 1.59. The van der Waals surface area contributed by atoms with Crippen molar-refractivity contribution in [2.45, 2.75) is 38.6 Å². The van der Waals surface area contributed by atoms with Crippen LogP contribution in [-0.2, 0) is 0 Å². The summed E-state index contributed by atoms with van der Waals surface area (Å²) in [6.45, 7) is 6.43. The molecular weight excluding hydrogens is 217 g/mol. The third-order valence-electron chi connectivity index (χ3n) is 3.88. The minimum Gasteiger partial charge on any atom is -0.369 e. The van der Waals surface area contributed by atoms with Gasteiger partial charge in [0.05, 0.1) is 5.56 Å². The van der Waals surface area contributed by atoms with Crippen molar-refractivity contribution >= 4 is 12.0 Å². The van der Waals surface area contributed by atoms with E-state index in [-0.39, 0.29) is 11.1 Å². The highest BCUT2D eigenvalue weighted by atomic mass is 19.1.